The van der Waals surface area contributed by atoms with E-state index in [-0.39, 0.29) is 24.5 Å². The molecule has 1 heterocycles. The van der Waals surface area contributed by atoms with Gasteiger partial charge < -0.3 is 9.29 Å². The highest BCUT2D eigenvalue weighted by molar-refractivity contribution is 7.84. The Balaban J connectivity index is 2.10. The predicted octanol–water partition coefficient (Wildman–Crippen LogP) is 1.01. The molecule has 1 saturated heterocycles. The van der Waals surface area contributed by atoms with Gasteiger partial charge in [-0.05, 0) is 25.0 Å². The Kier molecular flexibility index (Phi) is 4.62. The third kappa shape index (κ3) is 3.71. The number of carboxylic acids is 1. The monoisotopic (exact) mass is 330 g/mol. The first-order chi connectivity index (χ1) is 10.3. The number of carboxylic acid groups (broad SMARTS) is 1. The maximum Gasteiger partial charge on any atom is 0.385 e. The fraction of sp³-hybridized carbons (Fsp3) is 0.417. The van der Waals surface area contributed by atoms with Gasteiger partial charge in [-0.25, -0.2) is 0 Å². The van der Waals surface area contributed by atoms with Gasteiger partial charge in [0.05, 0.1) is 10.8 Å². The van der Waals surface area contributed by atoms with Crippen molar-refractivity contribution >= 4 is 22.0 Å². The minimum absolute atomic E-state index is 0.0666. The number of hydrogen-bond donors (Lipinski definition) is 1. The molecule has 1 fully saturated rings. The van der Waals surface area contributed by atoms with Gasteiger partial charge in [-0.3, -0.25) is 14.9 Å². The summed E-state index contributed by atoms with van der Waals surface area (Å²) < 4.78 is 30.1. The Labute approximate surface area is 126 Å². The van der Waals surface area contributed by atoms with Gasteiger partial charge in [0.25, 0.3) is 5.69 Å². The van der Waals surface area contributed by atoms with Crippen LogP contribution in [0, 0.1) is 16.0 Å². The van der Waals surface area contributed by atoms with Gasteiger partial charge in [0.15, 0.2) is 0 Å². The maximum atomic E-state index is 12.1. The van der Waals surface area contributed by atoms with Gasteiger partial charge in [-0.2, -0.15) is 12.7 Å². The zero-order valence-electron chi connectivity index (χ0n) is 11.4. The lowest BCUT2D eigenvalue weighted by Gasteiger charge is -2.28. The quantitative estimate of drug-likeness (QED) is 0.630. The van der Waals surface area contributed by atoms with Crippen LogP contribution in [0.1, 0.15) is 12.8 Å². The largest absolute Gasteiger partial charge is 0.481 e. The molecule has 0 bridgehead atoms. The number of aliphatic carboxylic acids is 1. The van der Waals surface area contributed by atoms with Gasteiger partial charge in [0, 0.05) is 25.2 Å². The Hall–Kier alpha value is -2.20. The molecule has 1 atom stereocenters. The second-order valence-corrected chi connectivity index (χ2v) is 6.37. The maximum absolute atomic E-state index is 12.1. The van der Waals surface area contributed by atoms with Crippen molar-refractivity contribution in [1.29, 1.82) is 0 Å². The summed E-state index contributed by atoms with van der Waals surface area (Å²) in [6.45, 7) is 0.0315. The first-order valence-corrected chi connectivity index (χ1v) is 7.83. The van der Waals surface area contributed by atoms with Crippen molar-refractivity contribution in [3.05, 3.63) is 34.4 Å². The highest BCUT2D eigenvalue weighted by Crippen LogP contribution is 2.23. The van der Waals surface area contributed by atoms with Gasteiger partial charge in [0.2, 0.25) is 0 Å². The molecule has 0 radical (unpaired) electrons. The zero-order valence-corrected chi connectivity index (χ0v) is 12.2. The van der Waals surface area contributed by atoms with Gasteiger partial charge in [-0.15, -0.1) is 0 Å². The van der Waals surface area contributed by atoms with Crippen molar-refractivity contribution < 1.29 is 27.4 Å². The molecule has 2 rings (SSSR count). The van der Waals surface area contributed by atoms with E-state index in [2.05, 4.69) is 0 Å². The molecule has 22 heavy (non-hydrogen) atoms. The minimum atomic E-state index is -4.14. The molecule has 0 spiro atoms. The molecule has 10 heteroatoms. The Morgan fingerprint density at radius 2 is 2.00 bits per heavy atom. The van der Waals surface area contributed by atoms with Gasteiger partial charge in [0.1, 0.15) is 5.75 Å². The van der Waals surface area contributed by atoms with E-state index >= 15 is 0 Å². The third-order valence-corrected chi connectivity index (χ3v) is 4.67. The molecule has 1 aromatic rings. The summed E-state index contributed by atoms with van der Waals surface area (Å²) in [5.74, 6) is -1.87. The first-order valence-electron chi connectivity index (χ1n) is 6.46. The average Bonchev–Trinajstić information content (AvgIpc) is 2.47. The SMILES string of the molecule is O=C(O)C1CCCN(S(=O)(=O)Oc2ccc([N+](=O)[O-])cc2)C1. The molecule has 1 unspecified atom stereocenters. The van der Waals surface area contributed by atoms with E-state index in [1.165, 1.54) is 12.1 Å². The highest BCUT2D eigenvalue weighted by atomic mass is 32.2. The van der Waals surface area contributed by atoms with E-state index < -0.39 is 27.1 Å². The number of hydrogen-bond acceptors (Lipinski definition) is 6. The van der Waals surface area contributed by atoms with Crippen LogP contribution in [0.4, 0.5) is 5.69 Å². The second-order valence-electron chi connectivity index (χ2n) is 4.83. The summed E-state index contributed by atoms with van der Waals surface area (Å²) in [5, 5.41) is 19.5. The fourth-order valence-electron chi connectivity index (χ4n) is 2.14. The Bertz CT molecular complexity index is 671. The summed E-state index contributed by atoms with van der Waals surface area (Å²) in [4.78, 5) is 20.9. The molecular formula is C12H14N2O7S. The molecule has 0 saturated carbocycles. The zero-order chi connectivity index (χ0) is 16.3. The van der Waals surface area contributed by atoms with Crippen LogP contribution in [-0.2, 0) is 15.1 Å². The summed E-state index contributed by atoms with van der Waals surface area (Å²) >= 11 is 0. The minimum Gasteiger partial charge on any atom is -0.481 e. The lowest BCUT2D eigenvalue weighted by atomic mass is 10.0. The summed E-state index contributed by atoms with van der Waals surface area (Å²) in [5.41, 5.74) is -0.186. The third-order valence-electron chi connectivity index (χ3n) is 3.30. The average molecular weight is 330 g/mol. The van der Waals surface area contributed by atoms with E-state index in [0.29, 0.717) is 12.8 Å². The highest BCUT2D eigenvalue weighted by Gasteiger charge is 2.33. The smallest absolute Gasteiger partial charge is 0.385 e. The lowest BCUT2D eigenvalue weighted by molar-refractivity contribution is -0.384. The van der Waals surface area contributed by atoms with Crippen molar-refractivity contribution in [3.8, 4) is 5.75 Å². The number of non-ortho nitro benzene ring substituents is 1. The molecule has 0 amide bonds. The Morgan fingerprint density at radius 3 is 2.55 bits per heavy atom. The van der Waals surface area contributed by atoms with Crippen LogP contribution in [0.3, 0.4) is 0 Å². The van der Waals surface area contributed by atoms with E-state index in [4.69, 9.17) is 9.29 Å². The van der Waals surface area contributed by atoms with E-state index in [0.717, 1.165) is 16.4 Å². The fourth-order valence-corrected chi connectivity index (χ4v) is 3.32. The molecule has 1 aliphatic heterocycles. The van der Waals surface area contributed by atoms with Crippen LogP contribution in [0.5, 0.6) is 5.75 Å². The normalized spacial score (nSPS) is 19.5. The number of piperidine rings is 1. The van der Waals surface area contributed by atoms with Crippen molar-refractivity contribution in [2.45, 2.75) is 12.8 Å². The Morgan fingerprint density at radius 1 is 1.36 bits per heavy atom. The number of nitrogens with zero attached hydrogens (tertiary/aromatic N) is 2. The van der Waals surface area contributed by atoms with Gasteiger partial charge >= 0.3 is 16.3 Å². The molecule has 0 aliphatic carbocycles. The summed E-state index contributed by atoms with van der Waals surface area (Å²) in [7, 11) is -4.14. The van der Waals surface area contributed by atoms with Crippen LogP contribution in [0.2, 0.25) is 0 Å². The second kappa shape index (κ2) is 6.28. The van der Waals surface area contributed by atoms with Crippen molar-refractivity contribution in [2.75, 3.05) is 13.1 Å². The molecule has 0 aromatic heterocycles. The molecule has 120 valence electrons. The lowest BCUT2D eigenvalue weighted by Crippen LogP contribution is -2.44. The number of benzene rings is 1. The predicted molar refractivity (Wildman–Crippen MR) is 74.6 cm³/mol. The molecule has 9 nitrogen and oxygen atoms in total. The molecule has 1 aromatic carbocycles. The van der Waals surface area contributed by atoms with Crippen molar-refractivity contribution in [1.82, 2.24) is 4.31 Å². The van der Waals surface area contributed by atoms with Crippen LogP contribution < -0.4 is 4.18 Å². The standard InChI is InChI=1S/C12H14N2O7S/c15-12(16)9-2-1-7-13(8-9)22(19,20)21-11-5-3-10(4-6-11)14(17)18/h3-6,9H,1-2,7-8H2,(H,15,16). The number of rotatable bonds is 5. The van der Waals surface area contributed by atoms with Crippen molar-refractivity contribution in [3.63, 3.8) is 0 Å². The van der Waals surface area contributed by atoms with Crippen molar-refractivity contribution in [2.24, 2.45) is 5.92 Å². The molecular weight excluding hydrogens is 316 g/mol. The van der Waals surface area contributed by atoms with E-state index in [1.807, 2.05) is 0 Å². The summed E-state index contributed by atoms with van der Waals surface area (Å²) in [6.07, 6.45) is 0.846. The number of carbonyl (C=O) groups is 1. The van der Waals surface area contributed by atoms with Crippen LogP contribution >= 0.6 is 0 Å². The van der Waals surface area contributed by atoms with Gasteiger partial charge in [-0.1, -0.05) is 0 Å². The van der Waals surface area contributed by atoms with Crippen LogP contribution in [-0.4, -0.2) is 41.8 Å². The topological polar surface area (TPSA) is 127 Å². The van der Waals surface area contributed by atoms with E-state index in [9.17, 15) is 23.3 Å². The van der Waals surface area contributed by atoms with Crippen LogP contribution in [0.15, 0.2) is 24.3 Å². The first kappa shape index (κ1) is 16.2. The van der Waals surface area contributed by atoms with E-state index in [1.54, 1.807) is 0 Å². The number of nitro benzene ring substituents is 1. The molecule has 1 aliphatic rings. The molecule has 1 N–H and O–H groups in total. The number of nitro groups is 1. The van der Waals surface area contributed by atoms with Crippen LogP contribution in [0.25, 0.3) is 0 Å². The summed E-state index contributed by atoms with van der Waals surface area (Å²) in [6, 6.07) is 4.60.